The predicted octanol–water partition coefficient (Wildman–Crippen LogP) is 5.64. The van der Waals surface area contributed by atoms with Crippen molar-refractivity contribution in [3.8, 4) is 11.4 Å². The normalized spacial score (nSPS) is 11.8. The van der Waals surface area contributed by atoms with Crippen LogP contribution in [0.5, 0.6) is 0 Å². The molecule has 0 bridgehead atoms. The number of carboxylic acid groups (broad SMARTS) is 1. The number of rotatable bonds is 10. The molecular weight excluding hydrogens is 631 g/mol. The van der Waals surface area contributed by atoms with Crippen LogP contribution in [0.3, 0.4) is 0 Å². The van der Waals surface area contributed by atoms with Gasteiger partial charge in [0.2, 0.25) is 11.8 Å². The molecule has 1 atom stereocenters. The number of fused-ring (bicyclic) bond motifs is 1. The van der Waals surface area contributed by atoms with Gasteiger partial charge >= 0.3 is 5.97 Å². The first-order valence-electron chi connectivity index (χ1n) is 14.4. The molecule has 0 saturated carbocycles. The van der Waals surface area contributed by atoms with Gasteiger partial charge in [0.05, 0.1) is 16.3 Å². The molecule has 2 heterocycles. The Labute approximate surface area is 272 Å². The first-order valence-corrected chi connectivity index (χ1v) is 14.8. The van der Waals surface area contributed by atoms with Crippen molar-refractivity contribution in [3.63, 3.8) is 0 Å². The molecule has 3 aromatic carbocycles. The Kier molecular flexibility index (Phi) is 9.29. The zero-order valence-electron chi connectivity index (χ0n) is 25.4. The third-order valence-corrected chi connectivity index (χ3v) is 7.65. The lowest BCUT2D eigenvalue weighted by Gasteiger charge is -2.19. The van der Waals surface area contributed by atoms with Gasteiger partial charge in [0.25, 0.3) is 5.91 Å². The highest BCUT2D eigenvalue weighted by Gasteiger charge is 2.28. The van der Waals surface area contributed by atoms with E-state index in [1.165, 1.54) is 31.2 Å². The van der Waals surface area contributed by atoms with Gasteiger partial charge in [-0.05, 0) is 61.0 Å². The van der Waals surface area contributed by atoms with E-state index in [1.807, 2.05) is 0 Å². The van der Waals surface area contributed by atoms with Crippen molar-refractivity contribution >= 4 is 57.6 Å². The van der Waals surface area contributed by atoms with Crippen molar-refractivity contribution in [2.75, 3.05) is 10.6 Å². The Morgan fingerprint density at radius 2 is 1.66 bits per heavy atom. The summed E-state index contributed by atoms with van der Waals surface area (Å²) in [4.78, 5) is 57.7. The van der Waals surface area contributed by atoms with Crippen LogP contribution < -0.4 is 16.0 Å². The van der Waals surface area contributed by atoms with E-state index in [0.29, 0.717) is 32.6 Å². The lowest BCUT2D eigenvalue weighted by molar-refractivity contribution is -0.119. The molecule has 2 aromatic heterocycles. The highest BCUT2D eigenvalue weighted by molar-refractivity contribution is 6.31. The number of carboxylic acids is 1. The van der Waals surface area contributed by atoms with E-state index < -0.39 is 29.6 Å². The summed E-state index contributed by atoms with van der Waals surface area (Å²) in [5.41, 5.74) is 1.67. The van der Waals surface area contributed by atoms with Gasteiger partial charge in [0, 0.05) is 34.6 Å². The number of nitrogens with zero attached hydrogens (tertiary/aromatic N) is 2. The second-order valence-corrected chi connectivity index (χ2v) is 11.5. The van der Waals surface area contributed by atoms with Crippen molar-refractivity contribution in [3.05, 3.63) is 100 Å². The van der Waals surface area contributed by atoms with Crippen LogP contribution in [-0.2, 0) is 16.0 Å². The standard InChI is InChI=1S/C33H30ClFN6O6/c1-16(2)30(42)37-20-9-7-18(8-10-20)13-25(31(43)38-21-11-12-24-19(14-21)15-26(39-24)33(45)46)40-32(44)28-17(3)36-29(41(28)47)22-5-4-6-23(34)27(22)35/h4-12,14-16,25,39,47H,13H2,1-3H3,(H,37,42)(H,38,43)(H,40,44)(H,45,46)/t25-/m0/s1. The summed E-state index contributed by atoms with van der Waals surface area (Å²) in [5.74, 6) is -4.09. The molecule has 0 spiro atoms. The molecule has 0 saturated heterocycles. The number of aromatic carboxylic acids is 1. The van der Waals surface area contributed by atoms with Gasteiger partial charge < -0.3 is 31.2 Å². The Bertz CT molecular complexity index is 2020. The van der Waals surface area contributed by atoms with Gasteiger partial charge in [0.15, 0.2) is 17.3 Å². The number of hydrogen-bond acceptors (Lipinski definition) is 6. The molecule has 242 valence electrons. The number of carbonyl (C=O) groups excluding carboxylic acids is 3. The van der Waals surface area contributed by atoms with Crippen LogP contribution in [0.4, 0.5) is 15.8 Å². The van der Waals surface area contributed by atoms with E-state index in [2.05, 4.69) is 25.9 Å². The third kappa shape index (κ3) is 7.10. The number of hydrogen-bond donors (Lipinski definition) is 6. The highest BCUT2D eigenvalue weighted by atomic mass is 35.5. The first kappa shape index (κ1) is 32.7. The number of H-pyrrole nitrogens is 1. The Hall–Kier alpha value is -5.69. The minimum atomic E-state index is -1.20. The van der Waals surface area contributed by atoms with Gasteiger partial charge in [-0.25, -0.2) is 14.2 Å². The summed E-state index contributed by atoms with van der Waals surface area (Å²) in [6.07, 6.45) is -0.0000659. The maximum atomic E-state index is 14.7. The second kappa shape index (κ2) is 13.3. The van der Waals surface area contributed by atoms with Crippen LogP contribution in [0.1, 0.15) is 46.1 Å². The molecule has 0 radical (unpaired) electrons. The summed E-state index contributed by atoms with van der Waals surface area (Å²) in [6, 6.07) is 15.9. The smallest absolute Gasteiger partial charge is 0.352 e. The number of anilines is 2. The number of halogens is 2. The zero-order valence-corrected chi connectivity index (χ0v) is 26.1. The fraction of sp³-hybridized carbons (Fsp3) is 0.182. The van der Waals surface area contributed by atoms with E-state index in [4.69, 9.17) is 11.6 Å². The van der Waals surface area contributed by atoms with Gasteiger partial charge in [-0.2, -0.15) is 4.73 Å². The van der Waals surface area contributed by atoms with Crippen molar-refractivity contribution < 1.29 is 33.9 Å². The van der Waals surface area contributed by atoms with Crippen LogP contribution in [0.15, 0.2) is 66.7 Å². The van der Waals surface area contributed by atoms with Gasteiger partial charge in [-0.1, -0.05) is 43.6 Å². The van der Waals surface area contributed by atoms with E-state index >= 15 is 0 Å². The molecule has 6 N–H and O–H groups in total. The quantitative estimate of drug-likeness (QED) is 0.105. The fourth-order valence-electron chi connectivity index (χ4n) is 4.87. The maximum absolute atomic E-state index is 14.7. The van der Waals surface area contributed by atoms with Crippen LogP contribution in [0.2, 0.25) is 5.02 Å². The lowest BCUT2D eigenvalue weighted by Crippen LogP contribution is -2.46. The number of nitrogens with one attached hydrogen (secondary N) is 4. The Morgan fingerprint density at radius 3 is 2.34 bits per heavy atom. The molecular formula is C33H30ClFN6O6. The topological polar surface area (TPSA) is 178 Å². The molecule has 5 rings (SSSR count). The lowest BCUT2D eigenvalue weighted by atomic mass is 10.0. The molecule has 12 nitrogen and oxygen atoms in total. The number of carbonyl (C=O) groups is 4. The third-order valence-electron chi connectivity index (χ3n) is 7.36. The molecule has 0 aliphatic heterocycles. The van der Waals surface area contributed by atoms with Gasteiger partial charge in [-0.3, -0.25) is 14.4 Å². The van der Waals surface area contributed by atoms with Gasteiger partial charge in [0.1, 0.15) is 11.7 Å². The van der Waals surface area contributed by atoms with E-state index in [9.17, 15) is 33.9 Å². The van der Waals surface area contributed by atoms with Crippen molar-refractivity contribution in [1.29, 1.82) is 0 Å². The van der Waals surface area contributed by atoms with Gasteiger partial charge in [-0.15, -0.1) is 0 Å². The van der Waals surface area contributed by atoms with Crippen molar-refractivity contribution in [1.82, 2.24) is 20.0 Å². The number of amides is 3. The number of benzene rings is 3. The van der Waals surface area contributed by atoms with E-state index in [-0.39, 0.29) is 51.7 Å². The second-order valence-electron chi connectivity index (χ2n) is 11.1. The molecule has 0 unspecified atom stereocenters. The highest BCUT2D eigenvalue weighted by Crippen LogP contribution is 2.28. The predicted molar refractivity (Wildman–Crippen MR) is 173 cm³/mol. The van der Waals surface area contributed by atoms with Crippen molar-refractivity contribution in [2.45, 2.75) is 33.2 Å². The minimum Gasteiger partial charge on any atom is -0.477 e. The number of imidazole rings is 1. The summed E-state index contributed by atoms with van der Waals surface area (Å²) in [7, 11) is 0. The summed E-state index contributed by atoms with van der Waals surface area (Å²) in [5, 5.41) is 28.7. The SMILES string of the molecule is Cc1nc(-c2cccc(Cl)c2F)n(O)c1C(=O)N[C@@H](Cc1ccc(NC(=O)C(C)C)cc1)C(=O)Nc1ccc2[nH]c(C(=O)O)cc2c1. The summed E-state index contributed by atoms with van der Waals surface area (Å²) >= 11 is 5.90. The zero-order chi connectivity index (χ0) is 34.0. The maximum Gasteiger partial charge on any atom is 0.352 e. The molecule has 3 amide bonds. The van der Waals surface area contributed by atoms with Crippen LogP contribution in [0.25, 0.3) is 22.3 Å². The summed E-state index contributed by atoms with van der Waals surface area (Å²) in [6.45, 7) is 4.98. The molecule has 0 aliphatic rings. The minimum absolute atomic E-state index is 0.0000659. The average molecular weight is 661 g/mol. The molecule has 14 heteroatoms. The molecule has 5 aromatic rings. The van der Waals surface area contributed by atoms with Crippen LogP contribution >= 0.6 is 11.6 Å². The van der Waals surface area contributed by atoms with Crippen LogP contribution in [-0.4, -0.2) is 54.7 Å². The first-order chi connectivity index (χ1) is 22.3. The Balaban J connectivity index is 1.43. The van der Waals surface area contributed by atoms with E-state index in [0.717, 1.165) is 0 Å². The molecule has 0 aliphatic carbocycles. The molecule has 47 heavy (non-hydrogen) atoms. The Morgan fingerprint density at radius 1 is 0.979 bits per heavy atom. The number of aryl methyl sites for hydroxylation is 1. The monoisotopic (exact) mass is 660 g/mol. The van der Waals surface area contributed by atoms with Crippen molar-refractivity contribution in [2.24, 2.45) is 5.92 Å². The number of aromatic nitrogens is 3. The number of aromatic amines is 1. The summed E-state index contributed by atoms with van der Waals surface area (Å²) < 4.78 is 15.2. The average Bonchev–Trinajstić information content (AvgIpc) is 3.58. The van der Waals surface area contributed by atoms with E-state index in [1.54, 1.807) is 56.3 Å². The fourth-order valence-corrected chi connectivity index (χ4v) is 5.04. The molecule has 0 fully saturated rings. The largest absolute Gasteiger partial charge is 0.477 e. The van der Waals surface area contributed by atoms with Crippen LogP contribution in [0, 0.1) is 18.7 Å².